The van der Waals surface area contributed by atoms with Crippen LogP contribution in [0.15, 0.2) is 70.9 Å². The predicted molar refractivity (Wildman–Crippen MR) is 130 cm³/mol. The van der Waals surface area contributed by atoms with Crippen molar-refractivity contribution in [1.82, 2.24) is 13.9 Å². The van der Waals surface area contributed by atoms with Crippen LogP contribution >= 0.6 is 23.5 Å². The largest absolute Gasteiger partial charge is 0.339 e. The van der Waals surface area contributed by atoms with Gasteiger partial charge in [0.1, 0.15) is 4.91 Å². The Balaban J connectivity index is 1.53. The number of sulfonamides is 1. The molecule has 0 radical (unpaired) electrons. The smallest absolute Gasteiger partial charge is 0.264 e. The molecule has 0 saturated carbocycles. The zero-order valence-corrected chi connectivity index (χ0v) is 19.6. The number of rotatable bonds is 5. The van der Waals surface area contributed by atoms with E-state index in [0.717, 1.165) is 29.7 Å². The Hall–Kier alpha value is -2.69. The molecule has 2 N–H and O–H groups in total. The molecule has 3 aliphatic heterocycles. The van der Waals surface area contributed by atoms with E-state index in [1.807, 2.05) is 28.5 Å². The van der Waals surface area contributed by atoms with E-state index in [4.69, 9.17) is 0 Å². The molecule has 0 unspecified atom stereocenters. The van der Waals surface area contributed by atoms with Crippen molar-refractivity contribution in [3.8, 4) is 10.4 Å². The standard InChI is InChI=1S/C22H22N4O3S3/c27-22(25-10-2-1-3-11-25)17-9-8-16(20-6-5-13-30-20)14-18(17)24-32(28,29)21-7-4-12-26-19(21)15-23-31-26/h4-9,12-15,23-24H,1-3,10-11H2. The van der Waals surface area contributed by atoms with Gasteiger partial charge in [0.05, 0.1) is 29.1 Å². The minimum atomic E-state index is -3.93. The van der Waals surface area contributed by atoms with Crippen molar-refractivity contribution >= 4 is 45.1 Å². The number of piperidine rings is 1. The summed E-state index contributed by atoms with van der Waals surface area (Å²) in [7, 11) is -3.93. The van der Waals surface area contributed by atoms with Gasteiger partial charge >= 0.3 is 0 Å². The predicted octanol–water partition coefficient (Wildman–Crippen LogP) is 4.50. The molecule has 1 amide bonds. The summed E-state index contributed by atoms with van der Waals surface area (Å²) < 4.78 is 34.2. The first-order valence-corrected chi connectivity index (χ1v) is 13.5. The molecule has 0 aliphatic carbocycles. The maximum Gasteiger partial charge on any atom is 0.264 e. The fraction of sp³-hybridized carbons (Fsp3) is 0.227. The van der Waals surface area contributed by atoms with Gasteiger partial charge in [0.15, 0.2) is 0 Å². The average molecular weight is 487 g/mol. The summed E-state index contributed by atoms with van der Waals surface area (Å²) in [5.74, 6) is -0.142. The highest BCUT2D eigenvalue weighted by Crippen LogP contribution is 2.36. The Morgan fingerprint density at radius 3 is 2.75 bits per heavy atom. The Kier molecular flexibility index (Phi) is 5.75. The number of nitrogens with zero attached hydrogens (tertiary/aromatic N) is 2. The quantitative estimate of drug-likeness (QED) is 0.606. The van der Waals surface area contributed by atoms with Gasteiger partial charge in [-0.25, -0.2) is 8.42 Å². The molecule has 3 aliphatic rings. The van der Waals surface area contributed by atoms with E-state index < -0.39 is 10.0 Å². The Labute approximate surface area is 195 Å². The van der Waals surface area contributed by atoms with E-state index in [1.165, 1.54) is 12.1 Å². The summed E-state index contributed by atoms with van der Waals surface area (Å²) in [5.41, 5.74) is 2.08. The number of carbonyl (C=O) groups excluding carboxylic acids is 1. The second-order valence-electron chi connectivity index (χ2n) is 7.63. The summed E-state index contributed by atoms with van der Waals surface area (Å²) >= 11 is 2.86. The van der Waals surface area contributed by atoms with Gasteiger partial charge in [0, 0.05) is 30.4 Å². The third-order valence-corrected chi connectivity index (χ3v) is 8.61. The van der Waals surface area contributed by atoms with Crippen molar-refractivity contribution in [2.45, 2.75) is 19.3 Å². The fourth-order valence-corrected chi connectivity index (χ4v) is 6.64. The SMILES string of the molecule is O=C(c1ccc(-c2cccs2)cc1NS(=O)(=O)C1=CC=CN2SNC=C12)N1CCCCC1. The van der Waals surface area contributed by atoms with Gasteiger partial charge in [0.25, 0.3) is 15.9 Å². The molecule has 0 spiro atoms. The monoisotopic (exact) mass is 486 g/mol. The van der Waals surface area contributed by atoms with Gasteiger partial charge in [-0.15, -0.1) is 11.3 Å². The normalized spacial score (nSPS) is 18.0. The summed E-state index contributed by atoms with van der Waals surface area (Å²) in [4.78, 5) is 16.3. The lowest BCUT2D eigenvalue weighted by molar-refractivity contribution is 0.0725. The second kappa shape index (κ2) is 8.68. The Morgan fingerprint density at radius 2 is 1.97 bits per heavy atom. The number of allylic oxidation sites excluding steroid dienone is 2. The third-order valence-electron chi connectivity index (χ3n) is 5.54. The molecule has 2 aromatic rings. The van der Waals surface area contributed by atoms with Crippen molar-refractivity contribution in [1.29, 1.82) is 0 Å². The summed E-state index contributed by atoms with van der Waals surface area (Å²) in [6.45, 7) is 1.39. The molecule has 4 heterocycles. The molecule has 10 heteroatoms. The zero-order chi connectivity index (χ0) is 22.1. The highest BCUT2D eigenvalue weighted by Gasteiger charge is 2.31. The summed E-state index contributed by atoms with van der Waals surface area (Å²) in [5, 5.41) is 1.97. The van der Waals surface area contributed by atoms with Gasteiger partial charge in [-0.1, -0.05) is 12.1 Å². The van der Waals surface area contributed by atoms with E-state index in [-0.39, 0.29) is 10.8 Å². The van der Waals surface area contributed by atoms with Crippen LogP contribution in [0.5, 0.6) is 0 Å². The molecule has 1 saturated heterocycles. The van der Waals surface area contributed by atoms with E-state index in [1.54, 1.807) is 52.3 Å². The third kappa shape index (κ3) is 4.05. The Morgan fingerprint density at radius 1 is 1.12 bits per heavy atom. The van der Waals surface area contributed by atoms with Crippen LogP contribution in [-0.4, -0.2) is 36.6 Å². The molecule has 1 fully saturated rings. The molecule has 7 nitrogen and oxygen atoms in total. The molecule has 1 aromatic heterocycles. The van der Waals surface area contributed by atoms with Crippen LogP contribution in [-0.2, 0) is 10.0 Å². The van der Waals surface area contributed by atoms with Crippen LogP contribution in [0.3, 0.4) is 0 Å². The van der Waals surface area contributed by atoms with Gasteiger partial charge in [-0.3, -0.25) is 13.8 Å². The van der Waals surface area contributed by atoms with Crippen LogP contribution in [0.2, 0.25) is 0 Å². The average Bonchev–Trinajstić information content (AvgIpc) is 3.51. The summed E-state index contributed by atoms with van der Waals surface area (Å²) in [6, 6.07) is 9.29. The first-order valence-electron chi connectivity index (χ1n) is 10.3. The number of hydrogen-bond donors (Lipinski definition) is 2. The van der Waals surface area contributed by atoms with Crippen molar-refractivity contribution in [3.63, 3.8) is 0 Å². The molecule has 1 aromatic carbocycles. The van der Waals surface area contributed by atoms with Crippen LogP contribution in [0.25, 0.3) is 10.4 Å². The van der Waals surface area contributed by atoms with Gasteiger partial charge in [-0.05, 0) is 60.6 Å². The number of likely N-dealkylation sites (tertiary alicyclic amines) is 1. The fourth-order valence-electron chi connectivity index (χ4n) is 3.94. The number of anilines is 1. The number of hydrogen-bond acceptors (Lipinski definition) is 7. The lowest BCUT2D eigenvalue weighted by atomic mass is 10.0. The molecule has 166 valence electrons. The molecule has 5 rings (SSSR count). The molecule has 0 bridgehead atoms. The van der Waals surface area contributed by atoms with Crippen LogP contribution in [0.1, 0.15) is 29.6 Å². The second-order valence-corrected chi connectivity index (χ2v) is 11.0. The van der Waals surface area contributed by atoms with Crippen LogP contribution in [0, 0.1) is 0 Å². The number of thiophene rings is 1. The zero-order valence-electron chi connectivity index (χ0n) is 17.2. The molecule has 32 heavy (non-hydrogen) atoms. The van der Waals surface area contributed by atoms with Gasteiger partial charge < -0.3 is 9.62 Å². The summed E-state index contributed by atoms with van der Waals surface area (Å²) in [6.07, 6.45) is 9.74. The van der Waals surface area contributed by atoms with E-state index in [0.29, 0.717) is 30.0 Å². The number of benzene rings is 1. The molecule has 0 atom stereocenters. The lowest BCUT2D eigenvalue weighted by Crippen LogP contribution is -2.36. The van der Waals surface area contributed by atoms with E-state index in [9.17, 15) is 13.2 Å². The Bertz CT molecular complexity index is 1230. The first-order chi connectivity index (χ1) is 15.5. The highest BCUT2D eigenvalue weighted by atomic mass is 32.2. The first kappa shape index (κ1) is 21.2. The number of nitrogens with one attached hydrogen (secondary N) is 2. The van der Waals surface area contributed by atoms with Crippen molar-refractivity contribution in [2.24, 2.45) is 0 Å². The van der Waals surface area contributed by atoms with Crippen LogP contribution in [0.4, 0.5) is 5.69 Å². The lowest BCUT2D eigenvalue weighted by Gasteiger charge is -2.28. The maximum absolute atomic E-state index is 13.4. The number of carbonyl (C=O) groups is 1. The van der Waals surface area contributed by atoms with Gasteiger partial charge in [-0.2, -0.15) is 0 Å². The van der Waals surface area contributed by atoms with Crippen molar-refractivity contribution in [3.05, 3.63) is 76.4 Å². The van der Waals surface area contributed by atoms with E-state index >= 15 is 0 Å². The van der Waals surface area contributed by atoms with E-state index in [2.05, 4.69) is 9.44 Å². The minimum Gasteiger partial charge on any atom is -0.339 e. The van der Waals surface area contributed by atoms with Crippen molar-refractivity contribution < 1.29 is 13.2 Å². The van der Waals surface area contributed by atoms with Crippen molar-refractivity contribution in [2.75, 3.05) is 17.8 Å². The topological polar surface area (TPSA) is 81.8 Å². The minimum absolute atomic E-state index is 0.142. The number of fused-ring (bicyclic) bond motifs is 1. The maximum atomic E-state index is 13.4. The van der Waals surface area contributed by atoms with Gasteiger partial charge in [0.2, 0.25) is 0 Å². The van der Waals surface area contributed by atoms with Crippen LogP contribution < -0.4 is 9.44 Å². The molecular formula is C22H22N4O3S3. The molecular weight excluding hydrogens is 464 g/mol. The number of amides is 1. The highest BCUT2D eigenvalue weighted by molar-refractivity contribution is 7.97.